The summed E-state index contributed by atoms with van der Waals surface area (Å²) in [5.41, 5.74) is 5.69. The molecular weight excluding hydrogens is 450 g/mol. The van der Waals surface area contributed by atoms with Gasteiger partial charge in [0.15, 0.2) is 11.5 Å². The van der Waals surface area contributed by atoms with E-state index in [1.807, 2.05) is 34.0 Å². The van der Waals surface area contributed by atoms with Crippen molar-refractivity contribution in [3.8, 4) is 11.5 Å². The lowest BCUT2D eigenvalue weighted by molar-refractivity contribution is 0.0927. The van der Waals surface area contributed by atoms with Gasteiger partial charge in [0.25, 0.3) is 5.91 Å². The normalized spacial score (nSPS) is 14.0. The van der Waals surface area contributed by atoms with Crippen LogP contribution >= 0.6 is 0 Å². The first kappa shape index (κ1) is 25.6. The first-order valence-electron chi connectivity index (χ1n) is 12.8. The predicted octanol–water partition coefficient (Wildman–Crippen LogP) is 5.08. The van der Waals surface area contributed by atoms with Crippen molar-refractivity contribution in [1.82, 2.24) is 10.2 Å². The lowest BCUT2D eigenvalue weighted by atomic mass is 9.96. The van der Waals surface area contributed by atoms with Crippen LogP contribution in [0.3, 0.4) is 0 Å². The summed E-state index contributed by atoms with van der Waals surface area (Å²) in [6.07, 6.45) is 1.01. The Morgan fingerprint density at radius 1 is 0.944 bits per heavy atom. The van der Waals surface area contributed by atoms with Crippen molar-refractivity contribution in [2.45, 2.75) is 32.9 Å². The molecule has 190 valence electrons. The topological polar surface area (TPSA) is 54.0 Å². The Morgan fingerprint density at radius 2 is 1.64 bits per heavy atom. The number of nitrogens with one attached hydrogen (secondary N) is 1. The zero-order chi connectivity index (χ0) is 25.5. The first-order valence-corrected chi connectivity index (χ1v) is 12.8. The Labute approximate surface area is 214 Å². The summed E-state index contributed by atoms with van der Waals surface area (Å²) >= 11 is 0. The number of carbonyl (C=O) groups is 1. The van der Waals surface area contributed by atoms with E-state index in [2.05, 4.69) is 63.6 Å². The van der Waals surface area contributed by atoms with Crippen molar-refractivity contribution in [2.75, 3.05) is 45.3 Å². The third-order valence-electron chi connectivity index (χ3n) is 6.66. The lowest BCUT2D eigenvalue weighted by Crippen LogP contribution is -2.40. The Balaban J connectivity index is 1.54. The first-order chi connectivity index (χ1) is 17.5. The highest BCUT2D eigenvalue weighted by molar-refractivity contribution is 5.94. The van der Waals surface area contributed by atoms with Gasteiger partial charge in [-0.15, -0.1) is 0 Å². The Hall–Kier alpha value is -3.51. The SMILES string of the molecule is CCOc1ccc(C(=O)NCC(c2ccc(N(C)C)cc2)N2CCc3ccccc3C2)cc1OCC. The molecule has 0 radical (unpaired) electrons. The molecule has 6 heteroatoms. The number of anilines is 1. The molecule has 1 aliphatic heterocycles. The Bertz CT molecular complexity index is 1160. The minimum absolute atomic E-state index is 0.0626. The molecule has 1 heterocycles. The molecule has 0 aromatic heterocycles. The molecule has 0 saturated carbocycles. The maximum atomic E-state index is 13.2. The van der Waals surface area contributed by atoms with Gasteiger partial charge < -0.3 is 19.7 Å². The Kier molecular flexibility index (Phi) is 8.49. The van der Waals surface area contributed by atoms with E-state index in [0.29, 0.717) is 36.8 Å². The third kappa shape index (κ3) is 6.00. The highest BCUT2D eigenvalue weighted by Gasteiger charge is 2.25. The van der Waals surface area contributed by atoms with Gasteiger partial charge in [0.05, 0.1) is 19.3 Å². The summed E-state index contributed by atoms with van der Waals surface area (Å²) in [5, 5.41) is 3.19. The van der Waals surface area contributed by atoms with Gasteiger partial charge in [-0.25, -0.2) is 0 Å². The van der Waals surface area contributed by atoms with Crippen molar-refractivity contribution in [3.05, 3.63) is 89.0 Å². The average Bonchev–Trinajstić information content (AvgIpc) is 2.90. The minimum atomic E-state index is -0.119. The quantitative estimate of drug-likeness (QED) is 0.432. The zero-order valence-electron chi connectivity index (χ0n) is 21.8. The molecular formula is C30H37N3O3. The molecule has 0 fully saturated rings. The van der Waals surface area contributed by atoms with Crippen LogP contribution in [0.25, 0.3) is 0 Å². The second-order valence-corrected chi connectivity index (χ2v) is 9.23. The third-order valence-corrected chi connectivity index (χ3v) is 6.66. The van der Waals surface area contributed by atoms with Crippen molar-refractivity contribution < 1.29 is 14.3 Å². The van der Waals surface area contributed by atoms with Gasteiger partial charge in [0, 0.05) is 45.0 Å². The van der Waals surface area contributed by atoms with Gasteiger partial charge in [0.1, 0.15) is 0 Å². The van der Waals surface area contributed by atoms with E-state index in [1.54, 1.807) is 12.1 Å². The van der Waals surface area contributed by atoms with Crippen LogP contribution < -0.4 is 19.7 Å². The summed E-state index contributed by atoms with van der Waals surface area (Å²) in [6.45, 7) is 7.23. The van der Waals surface area contributed by atoms with Gasteiger partial charge in [-0.2, -0.15) is 0 Å². The molecule has 0 saturated heterocycles. The van der Waals surface area contributed by atoms with Crippen LogP contribution in [-0.4, -0.2) is 51.2 Å². The maximum Gasteiger partial charge on any atom is 0.251 e. The van der Waals surface area contributed by atoms with E-state index in [4.69, 9.17) is 9.47 Å². The molecule has 6 nitrogen and oxygen atoms in total. The fourth-order valence-corrected chi connectivity index (χ4v) is 4.72. The van der Waals surface area contributed by atoms with E-state index in [-0.39, 0.29) is 11.9 Å². The molecule has 1 N–H and O–H groups in total. The second kappa shape index (κ2) is 12.0. The number of hydrogen-bond acceptors (Lipinski definition) is 5. The smallest absolute Gasteiger partial charge is 0.251 e. The molecule has 0 aliphatic carbocycles. The zero-order valence-corrected chi connectivity index (χ0v) is 21.8. The molecule has 36 heavy (non-hydrogen) atoms. The second-order valence-electron chi connectivity index (χ2n) is 9.23. The fourth-order valence-electron chi connectivity index (χ4n) is 4.72. The van der Waals surface area contributed by atoms with Crippen LogP contribution in [0, 0.1) is 0 Å². The number of rotatable bonds is 10. The van der Waals surface area contributed by atoms with Gasteiger partial charge in [-0.05, 0) is 67.3 Å². The molecule has 1 unspecified atom stereocenters. The number of hydrogen-bond donors (Lipinski definition) is 1. The number of carbonyl (C=O) groups excluding carboxylic acids is 1. The van der Waals surface area contributed by atoms with Crippen LogP contribution in [0.4, 0.5) is 5.69 Å². The monoisotopic (exact) mass is 487 g/mol. The molecule has 4 rings (SSSR count). The van der Waals surface area contributed by atoms with Crippen LogP contribution in [0.1, 0.15) is 46.9 Å². The van der Waals surface area contributed by atoms with Gasteiger partial charge in [0.2, 0.25) is 0 Å². The summed E-state index contributed by atoms with van der Waals surface area (Å²) in [4.78, 5) is 17.8. The molecule has 1 aliphatic rings. The number of benzene rings is 3. The van der Waals surface area contributed by atoms with Gasteiger partial charge in [-0.1, -0.05) is 36.4 Å². The number of fused-ring (bicyclic) bond motifs is 1. The summed E-state index contributed by atoms with van der Waals surface area (Å²) < 4.78 is 11.4. The van der Waals surface area contributed by atoms with Crippen molar-refractivity contribution in [1.29, 1.82) is 0 Å². The molecule has 3 aromatic carbocycles. The van der Waals surface area contributed by atoms with Crippen molar-refractivity contribution >= 4 is 11.6 Å². The summed E-state index contributed by atoms with van der Waals surface area (Å²) in [7, 11) is 4.09. The molecule has 1 amide bonds. The van der Waals surface area contributed by atoms with Gasteiger partial charge in [-0.3, -0.25) is 9.69 Å². The summed E-state index contributed by atoms with van der Waals surface area (Å²) in [6, 6.07) is 22.7. The fraction of sp³-hybridized carbons (Fsp3) is 0.367. The number of nitrogens with zero attached hydrogens (tertiary/aromatic N) is 2. The molecule has 0 bridgehead atoms. The standard InChI is InChI=1S/C30H37N3O3/c1-5-35-28-16-13-24(19-29(28)36-6-2)30(34)31-20-27(23-11-14-26(15-12-23)32(3)4)33-18-17-22-9-7-8-10-25(22)21-33/h7-16,19,27H,5-6,17-18,20-21H2,1-4H3,(H,31,34). The molecule has 1 atom stereocenters. The molecule has 0 spiro atoms. The number of amides is 1. The van der Waals surface area contributed by atoms with E-state index in [0.717, 1.165) is 25.2 Å². The predicted molar refractivity (Wildman–Crippen MR) is 145 cm³/mol. The highest BCUT2D eigenvalue weighted by atomic mass is 16.5. The average molecular weight is 488 g/mol. The number of ether oxygens (including phenoxy) is 2. The van der Waals surface area contributed by atoms with Gasteiger partial charge >= 0.3 is 0 Å². The van der Waals surface area contributed by atoms with Crippen LogP contribution in [0.15, 0.2) is 66.7 Å². The van der Waals surface area contributed by atoms with E-state index in [1.165, 1.54) is 16.7 Å². The maximum absolute atomic E-state index is 13.2. The van der Waals surface area contributed by atoms with Crippen LogP contribution in [-0.2, 0) is 13.0 Å². The highest BCUT2D eigenvalue weighted by Crippen LogP contribution is 2.30. The lowest BCUT2D eigenvalue weighted by Gasteiger charge is -2.36. The van der Waals surface area contributed by atoms with E-state index in [9.17, 15) is 4.79 Å². The van der Waals surface area contributed by atoms with Crippen LogP contribution in [0.2, 0.25) is 0 Å². The van der Waals surface area contributed by atoms with Crippen molar-refractivity contribution in [2.24, 2.45) is 0 Å². The van der Waals surface area contributed by atoms with Crippen LogP contribution in [0.5, 0.6) is 11.5 Å². The minimum Gasteiger partial charge on any atom is -0.490 e. The van der Waals surface area contributed by atoms with Crippen molar-refractivity contribution in [3.63, 3.8) is 0 Å². The Morgan fingerprint density at radius 3 is 2.33 bits per heavy atom. The van der Waals surface area contributed by atoms with E-state index >= 15 is 0 Å². The summed E-state index contributed by atoms with van der Waals surface area (Å²) in [5.74, 6) is 1.13. The van der Waals surface area contributed by atoms with E-state index < -0.39 is 0 Å². The largest absolute Gasteiger partial charge is 0.490 e. The molecule has 3 aromatic rings.